The van der Waals surface area contributed by atoms with Crippen LogP contribution in [0.25, 0.3) is 0 Å². The SMILES string of the molecule is OCc1ccc(OCc2cc(Br)cc3c2OCC3)cn1. The van der Waals surface area contributed by atoms with Gasteiger partial charge in [-0.2, -0.15) is 0 Å². The van der Waals surface area contributed by atoms with E-state index in [2.05, 4.69) is 27.0 Å². The minimum absolute atomic E-state index is 0.0622. The van der Waals surface area contributed by atoms with Gasteiger partial charge in [0, 0.05) is 16.5 Å². The van der Waals surface area contributed by atoms with Crippen molar-refractivity contribution in [3.63, 3.8) is 0 Å². The summed E-state index contributed by atoms with van der Waals surface area (Å²) in [6, 6.07) is 7.65. The van der Waals surface area contributed by atoms with Gasteiger partial charge >= 0.3 is 0 Å². The fourth-order valence-corrected chi connectivity index (χ4v) is 2.76. The van der Waals surface area contributed by atoms with Crippen LogP contribution in [0.15, 0.2) is 34.9 Å². The Balaban J connectivity index is 1.75. The minimum Gasteiger partial charge on any atom is -0.493 e. The minimum atomic E-state index is -0.0622. The summed E-state index contributed by atoms with van der Waals surface area (Å²) < 4.78 is 12.4. The summed E-state index contributed by atoms with van der Waals surface area (Å²) in [5.41, 5.74) is 2.87. The van der Waals surface area contributed by atoms with Crippen molar-refractivity contribution >= 4 is 15.9 Å². The molecule has 0 unspecified atom stereocenters. The van der Waals surface area contributed by atoms with Crippen LogP contribution >= 0.6 is 15.9 Å². The van der Waals surface area contributed by atoms with Gasteiger partial charge in [0.25, 0.3) is 0 Å². The van der Waals surface area contributed by atoms with E-state index in [4.69, 9.17) is 14.6 Å². The molecule has 4 nitrogen and oxygen atoms in total. The highest BCUT2D eigenvalue weighted by Gasteiger charge is 2.17. The Morgan fingerprint density at radius 1 is 1.35 bits per heavy atom. The molecule has 2 heterocycles. The number of hydrogen-bond acceptors (Lipinski definition) is 4. The third-order valence-electron chi connectivity index (χ3n) is 3.18. The molecule has 0 aliphatic carbocycles. The smallest absolute Gasteiger partial charge is 0.138 e. The van der Waals surface area contributed by atoms with Crippen molar-refractivity contribution in [1.82, 2.24) is 4.98 Å². The van der Waals surface area contributed by atoms with Crippen LogP contribution in [0.3, 0.4) is 0 Å². The summed E-state index contributed by atoms with van der Waals surface area (Å²) in [5.74, 6) is 1.61. The van der Waals surface area contributed by atoms with Crippen LogP contribution in [-0.4, -0.2) is 16.7 Å². The highest BCUT2D eigenvalue weighted by atomic mass is 79.9. The second kappa shape index (κ2) is 5.81. The van der Waals surface area contributed by atoms with E-state index in [0.717, 1.165) is 28.8 Å². The fraction of sp³-hybridized carbons (Fsp3) is 0.267. The number of aliphatic hydroxyl groups is 1. The molecular weight excluding hydrogens is 322 g/mol. The molecule has 3 rings (SSSR count). The van der Waals surface area contributed by atoms with Gasteiger partial charge in [-0.15, -0.1) is 0 Å². The number of halogens is 1. The lowest BCUT2D eigenvalue weighted by Gasteiger charge is -2.11. The summed E-state index contributed by atoms with van der Waals surface area (Å²) in [6.45, 7) is 1.10. The maximum atomic E-state index is 8.95. The van der Waals surface area contributed by atoms with Gasteiger partial charge in [-0.05, 0) is 29.8 Å². The average Bonchev–Trinajstić information content (AvgIpc) is 2.93. The molecule has 104 valence electrons. The van der Waals surface area contributed by atoms with E-state index in [-0.39, 0.29) is 6.61 Å². The van der Waals surface area contributed by atoms with E-state index in [1.165, 1.54) is 5.56 Å². The van der Waals surface area contributed by atoms with Crippen LogP contribution in [0, 0.1) is 0 Å². The number of nitrogens with zero attached hydrogens (tertiary/aromatic N) is 1. The van der Waals surface area contributed by atoms with Crippen molar-refractivity contribution in [3.8, 4) is 11.5 Å². The summed E-state index contributed by atoms with van der Waals surface area (Å²) in [5, 5.41) is 8.95. The lowest BCUT2D eigenvalue weighted by Crippen LogP contribution is -1.99. The zero-order valence-corrected chi connectivity index (χ0v) is 12.4. The topological polar surface area (TPSA) is 51.6 Å². The van der Waals surface area contributed by atoms with Crippen LogP contribution in [0.5, 0.6) is 11.5 Å². The molecule has 0 saturated carbocycles. The molecule has 0 atom stereocenters. The van der Waals surface area contributed by atoms with Crippen LogP contribution in [0.1, 0.15) is 16.8 Å². The first-order valence-electron chi connectivity index (χ1n) is 6.39. The van der Waals surface area contributed by atoms with Gasteiger partial charge in [0.2, 0.25) is 0 Å². The number of pyridine rings is 1. The van der Waals surface area contributed by atoms with Crippen molar-refractivity contribution in [2.24, 2.45) is 0 Å². The fourth-order valence-electron chi connectivity index (χ4n) is 2.20. The number of benzene rings is 1. The lowest BCUT2D eigenvalue weighted by atomic mass is 10.1. The molecule has 2 aromatic rings. The molecule has 0 saturated heterocycles. The molecule has 0 bridgehead atoms. The molecule has 1 aliphatic heterocycles. The Morgan fingerprint density at radius 3 is 3.00 bits per heavy atom. The van der Waals surface area contributed by atoms with Crippen molar-refractivity contribution in [2.45, 2.75) is 19.6 Å². The molecule has 1 aromatic carbocycles. The Hall–Kier alpha value is -1.59. The zero-order chi connectivity index (χ0) is 13.9. The van der Waals surface area contributed by atoms with E-state index >= 15 is 0 Å². The van der Waals surface area contributed by atoms with Gasteiger partial charge in [-0.3, -0.25) is 4.98 Å². The van der Waals surface area contributed by atoms with Crippen LogP contribution < -0.4 is 9.47 Å². The largest absolute Gasteiger partial charge is 0.493 e. The van der Waals surface area contributed by atoms with Gasteiger partial charge in [-0.1, -0.05) is 15.9 Å². The third-order valence-corrected chi connectivity index (χ3v) is 3.64. The molecule has 0 amide bonds. The number of hydrogen-bond donors (Lipinski definition) is 1. The summed E-state index contributed by atoms with van der Waals surface area (Å²) in [6.07, 6.45) is 2.55. The van der Waals surface area contributed by atoms with Gasteiger partial charge < -0.3 is 14.6 Å². The summed E-state index contributed by atoms with van der Waals surface area (Å²) in [7, 11) is 0. The molecule has 0 fully saturated rings. The Labute approximate surface area is 125 Å². The quantitative estimate of drug-likeness (QED) is 0.933. The average molecular weight is 336 g/mol. The number of rotatable bonds is 4. The molecule has 0 spiro atoms. The van der Waals surface area contributed by atoms with E-state index in [9.17, 15) is 0 Å². The second-order valence-electron chi connectivity index (χ2n) is 4.58. The first-order valence-corrected chi connectivity index (χ1v) is 7.18. The zero-order valence-electron chi connectivity index (χ0n) is 10.8. The Kier molecular flexibility index (Phi) is 3.89. The molecule has 5 heteroatoms. The van der Waals surface area contributed by atoms with Crippen LogP contribution in [-0.2, 0) is 19.6 Å². The van der Waals surface area contributed by atoms with Crippen molar-refractivity contribution in [2.75, 3.05) is 6.61 Å². The second-order valence-corrected chi connectivity index (χ2v) is 5.50. The van der Waals surface area contributed by atoms with Gasteiger partial charge in [-0.25, -0.2) is 0 Å². The third kappa shape index (κ3) is 2.78. The predicted molar refractivity (Wildman–Crippen MR) is 77.8 cm³/mol. The molecule has 0 radical (unpaired) electrons. The normalized spacial score (nSPS) is 12.9. The monoisotopic (exact) mass is 335 g/mol. The maximum absolute atomic E-state index is 8.95. The van der Waals surface area contributed by atoms with Gasteiger partial charge in [0.1, 0.15) is 18.1 Å². The first kappa shape index (κ1) is 13.4. The van der Waals surface area contributed by atoms with E-state index in [0.29, 0.717) is 18.1 Å². The maximum Gasteiger partial charge on any atom is 0.138 e. The van der Waals surface area contributed by atoms with Crippen molar-refractivity contribution < 1.29 is 14.6 Å². The number of aliphatic hydroxyl groups excluding tert-OH is 1. The van der Waals surface area contributed by atoms with Gasteiger partial charge in [0.05, 0.1) is 25.1 Å². The Bertz CT molecular complexity index is 613. The van der Waals surface area contributed by atoms with Crippen molar-refractivity contribution in [3.05, 3.63) is 51.8 Å². The van der Waals surface area contributed by atoms with Crippen LogP contribution in [0.4, 0.5) is 0 Å². The number of ether oxygens (including phenoxy) is 2. The molecule has 1 N–H and O–H groups in total. The molecule has 20 heavy (non-hydrogen) atoms. The first-order chi connectivity index (χ1) is 9.76. The van der Waals surface area contributed by atoms with E-state index < -0.39 is 0 Å². The van der Waals surface area contributed by atoms with Gasteiger partial charge in [0.15, 0.2) is 0 Å². The predicted octanol–water partition coefficient (Wildman–Crippen LogP) is 2.85. The summed E-state index contributed by atoms with van der Waals surface area (Å²) in [4.78, 5) is 4.08. The standard InChI is InChI=1S/C15H14BrNO3/c16-12-5-10-3-4-19-15(10)11(6-12)9-20-14-2-1-13(8-18)17-7-14/h1-2,5-7,18H,3-4,8-9H2. The van der Waals surface area contributed by atoms with Crippen LogP contribution in [0.2, 0.25) is 0 Å². The molecule has 1 aliphatic rings. The summed E-state index contributed by atoms with van der Waals surface area (Å²) >= 11 is 3.51. The Morgan fingerprint density at radius 2 is 2.25 bits per heavy atom. The lowest BCUT2D eigenvalue weighted by molar-refractivity contribution is 0.274. The number of aromatic nitrogens is 1. The molecular formula is C15H14BrNO3. The van der Waals surface area contributed by atoms with E-state index in [1.807, 2.05) is 6.07 Å². The number of fused-ring (bicyclic) bond motifs is 1. The highest BCUT2D eigenvalue weighted by Crippen LogP contribution is 2.33. The highest BCUT2D eigenvalue weighted by molar-refractivity contribution is 9.10. The molecule has 1 aromatic heterocycles. The van der Waals surface area contributed by atoms with Crippen molar-refractivity contribution in [1.29, 1.82) is 0 Å². The van der Waals surface area contributed by atoms with E-state index in [1.54, 1.807) is 18.3 Å².